The molecule has 1 fully saturated rings. The molecular formula is C15H20N2O4. The lowest BCUT2D eigenvalue weighted by molar-refractivity contribution is 0.0564. The van der Waals surface area contributed by atoms with Gasteiger partial charge in [-0.05, 0) is 37.8 Å². The van der Waals surface area contributed by atoms with Gasteiger partial charge >= 0.3 is 5.97 Å². The molecule has 1 N–H and O–H groups in total. The van der Waals surface area contributed by atoms with Crippen LogP contribution >= 0.6 is 0 Å². The van der Waals surface area contributed by atoms with E-state index >= 15 is 0 Å². The number of carboxylic acid groups (broad SMARTS) is 1. The molecule has 0 aromatic carbocycles. The number of hydrogen-bond donors (Lipinski definition) is 1. The predicted octanol–water partition coefficient (Wildman–Crippen LogP) is 1.59. The summed E-state index contributed by atoms with van der Waals surface area (Å²) in [5, 5.41) is 8.99. The highest BCUT2D eigenvalue weighted by Crippen LogP contribution is 2.19. The first-order valence-corrected chi connectivity index (χ1v) is 7.02. The summed E-state index contributed by atoms with van der Waals surface area (Å²) in [5.41, 5.74) is 0.789. The van der Waals surface area contributed by atoms with E-state index < -0.39 is 5.97 Å². The second-order valence-electron chi connectivity index (χ2n) is 5.35. The summed E-state index contributed by atoms with van der Waals surface area (Å²) in [7, 11) is 1.66. The molecule has 2 rings (SSSR count). The highest BCUT2D eigenvalue weighted by Gasteiger charge is 2.25. The number of aryl methyl sites for hydroxylation is 1. The molecule has 0 aliphatic carbocycles. The standard InChI is InChI=1S/C15H20N2O4/c1-10-12(15(19)20)5-6-13(16-10)14(18)17-7-3-4-11(8-17)9-21-2/h5-6,11H,3-4,7-9H2,1-2H3,(H,19,20). The number of hydrogen-bond acceptors (Lipinski definition) is 4. The lowest BCUT2D eigenvalue weighted by atomic mass is 9.98. The highest BCUT2D eigenvalue weighted by atomic mass is 16.5. The van der Waals surface area contributed by atoms with Crippen LogP contribution in [0.1, 0.15) is 39.4 Å². The third kappa shape index (κ3) is 3.58. The number of aromatic nitrogens is 1. The number of amides is 1. The molecule has 1 unspecified atom stereocenters. The molecule has 0 bridgehead atoms. The van der Waals surface area contributed by atoms with Gasteiger partial charge in [0.1, 0.15) is 5.69 Å². The van der Waals surface area contributed by atoms with Gasteiger partial charge in [0, 0.05) is 20.2 Å². The van der Waals surface area contributed by atoms with Crippen LogP contribution in [0.25, 0.3) is 0 Å². The van der Waals surface area contributed by atoms with E-state index in [2.05, 4.69) is 4.98 Å². The summed E-state index contributed by atoms with van der Waals surface area (Å²) in [6.07, 6.45) is 2.01. The maximum Gasteiger partial charge on any atom is 0.337 e. The van der Waals surface area contributed by atoms with Gasteiger partial charge in [0.05, 0.1) is 17.9 Å². The van der Waals surface area contributed by atoms with E-state index in [0.29, 0.717) is 37.0 Å². The summed E-state index contributed by atoms with van der Waals surface area (Å²) in [6.45, 7) is 3.62. The van der Waals surface area contributed by atoms with Crippen molar-refractivity contribution in [2.24, 2.45) is 5.92 Å². The van der Waals surface area contributed by atoms with Crippen LogP contribution in [-0.2, 0) is 4.74 Å². The zero-order valence-corrected chi connectivity index (χ0v) is 12.3. The van der Waals surface area contributed by atoms with Crippen molar-refractivity contribution in [3.05, 3.63) is 29.1 Å². The minimum Gasteiger partial charge on any atom is -0.478 e. The van der Waals surface area contributed by atoms with Crippen LogP contribution in [0.15, 0.2) is 12.1 Å². The third-order valence-electron chi connectivity index (χ3n) is 3.74. The average molecular weight is 292 g/mol. The Balaban J connectivity index is 2.12. The minimum absolute atomic E-state index is 0.127. The fourth-order valence-corrected chi connectivity index (χ4v) is 2.69. The molecule has 1 aliphatic rings. The van der Waals surface area contributed by atoms with Crippen molar-refractivity contribution in [1.29, 1.82) is 0 Å². The topological polar surface area (TPSA) is 79.7 Å². The van der Waals surface area contributed by atoms with Crippen LogP contribution in [-0.4, -0.2) is 53.7 Å². The van der Waals surface area contributed by atoms with Gasteiger partial charge in [-0.2, -0.15) is 0 Å². The smallest absolute Gasteiger partial charge is 0.337 e. The number of rotatable bonds is 4. The molecule has 6 heteroatoms. The minimum atomic E-state index is -1.03. The van der Waals surface area contributed by atoms with Crippen molar-refractivity contribution in [1.82, 2.24) is 9.88 Å². The first-order valence-electron chi connectivity index (χ1n) is 7.02. The molecule has 0 radical (unpaired) electrons. The van der Waals surface area contributed by atoms with Crippen LogP contribution in [0.4, 0.5) is 0 Å². The molecule has 6 nitrogen and oxygen atoms in total. The molecule has 21 heavy (non-hydrogen) atoms. The Kier molecular flexibility index (Phi) is 4.90. The third-order valence-corrected chi connectivity index (χ3v) is 3.74. The number of likely N-dealkylation sites (tertiary alicyclic amines) is 1. The fraction of sp³-hybridized carbons (Fsp3) is 0.533. The van der Waals surface area contributed by atoms with Crippen LogP contribution < -0.4 is 0 Å². The Bertz CT molecular complexity index is 542. The number of aromatic carboxylic acids is 1. The monoisotopic (exact) mass is 292 g/mol. The van der Waals surface area contributed by atoms with Gasteiger partial charge in [0.2, 0.25) is 0 Å². The summed E-state index contributed by atoms with van der Waals surface area (Å²) < 4.78 is 5.16. The van der Waals surface area contributed by atoms with Gasteiger partial charge in [-0.25, -0.2) is 9.78 Å². The first-order chi connectivity index (χ1) is 10.0. The van der Waals surface area contributed by atoms with E-state index in [-0.39, 0.29) is 11.5 Å². The first kappa shape index (κ1) is 15.4. The van der Waals surface area contributed by atoms with E-state index in [1.165, 1.54) is 12.1 Å². The largest absolute Gasteiger partial charge is 0.478 e. The Morgan fingerprint density at radius 1 is 1.48 bits per heavy atom. The second-order valence-corrected chi connectivity index (χ2v) is 5.35. The zero-order chi connectivity index (χ0) is 15.4. The van der Waals surface area contributed by atoms with Gasteiger partial charge in [-0.3, -0.25) is 4.79 Å². The maximum atomic E-state index is 12.5. The Morgan fingerprint density at radius 3 is 2.86 bits per heavy atom. The summed E-state index contributed by atoms with van der Waals surface area (Å²) in [4.78, 5) is 29.3. The van der Waals surface area contributed by atoms with Gasteiger partial charge in [-0.15, -0.1) is 0 Å². The number of methoxy groups -OCH3 is 1. The molecule has 114 valence electrons. The molecule has 1 atom stereocenters. The van der Waals surface area contributed by atoms with Crippen LogP contribution in [0.2, 0.25) is 0 Å². The number of nitrogens with zero attached hydrogens (tertiary/aromatic N) is 2. The predicted molar refractivity (Wildman–Crippen MR) is 76.4 cm³/mol. The van der Waals surface area contributed by atoms with E-state index in [9.17, 15) is 9.59 Å². The number of pyridine rings is 1. The van der Waals surface area contributed by atoms with E-state index in [0.717, 1.165) is 12.8 Å². The molecule has 1 aromatic heterocycles. The number of ether oxygens (including phenoxy) is 1. The number of carbonyl (C=O) groups excluding carboxylic acids is 1. The molecule has 2 heterocycles. The quantitative estimate of drug-likeness (QED) is 0.911. The summed E-state index contributed by atoms with van der Waals surface area (Å²) in [6, 6.07) is 2.92. The second kappa shape index (κ2) is 6.67. The number of carbonyl (C=O) groups is 2. The van der Waals surface area contributed by atoms with Gasteiger partial charge in [0.15, 0.2) is 0 Å². The van der Waals surface area contributed by atoms with Crippen molar-refractivity contribution in [3.8, 4) is 0 Å². The van der Waals surface area contributed by atoms with Gasteiger partial charge < -0.3 is 14.7 Å². The van der Waals surface area contributed by atoms with E-state index in [4.69, 9.17) is 9.84 Å². The Labute approximate surface area is 123 Å². The summed E-state index contributed by atoms with van der Waals surface area (Å²) in [5.74, 6) is -0.819. The molecule has 1 aliphatic heterocycles. The Morgan fingerprint density at radius 2 is 2.24 bits per heavy atom. The van der Waals surface area contributed by atoms with Crippen LogP contribution in [0, 0.1) is 12.8 Å². The lowest BCUT2D eigenvalue weighted by Gasteiger charge is -2.32. The Hall–Kier alpha value is -1.95. The van der Waals surface area contributed by atoms with Gasteiger partial charge in [0.25, 0.3) is 5.91 Å². The van der Waals surface area contributed by atoms with E-state index in [1.807, 2.05) is 0 Å². The zero-order valence-electron chi connectivity index (χ0n) is 12.3. The molecule has 0 saturated carbocycles. The van der Waals surface area contributed by atoms with Crippen LogP contribution in [0.3, 0.4) is 0 Å². The molecule has 1 saturated heterocycles. The van der Waals surface area contributed by atoms with E-state index in [1.54, 1.807) is 18.9 Å². The van der Waals surface area contributed by atoms with Crippen molar-refractivity contribution < 1.29 is 19.4 Å². The van der Waals surface area contributed by atoms with Gasteiger partial charge in [-0.1, -0.05) is 0 Å². The van der Waals surface area contributed by atoms with Crippen molar-refractivity contribution in [3.63, 3.8) is 0 Å². The summed E-state index contributed by atoms with van der Waals surface area (Å²) >= 11 is 0. The van der Waals surface area contributed by atoms with Crippen molar-refractivity contribution in [2.75, 3.05) is 26.8 Å². The molecule has 1 amide bonds. The SMILES string of the molecule is COCC1CCCN(C(=O)c2ccc(C(=O)O)c(C)n2)C1. The normalized spacial score (nSPS) is 18.6. The average Bonchev–Trinajstić information content (AvgIpc) is 2.46. The van der Waals surface area contributed by atoms with Crippen LogP contribution in [0.5, 0.6) is 0 Å². The van der Waals surface area contributed by atoms with Crippen molar-refractivity contribution >= 4 is 11.9 Å². The fourth-order valence-electron chi connectivity index (χ4n) is 2.69. The molecule has 0 spiro atoms. The molecule has 1 aromatic rings. The maximum absolute atomic E-state index is 12.5. The lowest BCUT2D eigenvalue weighted by Crippen LogP contribution is -2.41. The number of piperidine rings is 1. The van der Waals surface area contributed by atoms with Crippen molar-refractivity contribution in [2.45, 2.75) is 19.8 Å². The molecular weight excluding hydrogens is 272 g/mol. The number of carboxylic acids is 1. The highest BCUT2D eigenvalue weighted by molar-refractivity contribution is 5.94.